The second-order valence-corrected chi connectivity index (χ2v) is 5.35. The van der Waals surface area contributed by atoms with Gasteiger partial charge in [-0.2, -0.15) is 0 Å². The van der Waals surface area contributed by atoms with Crippen LogP contribution in [0.5, 0.6) is 0 Å². The lowest BCUT2D eigenvalue weighted by atomic mass is 10.1. The maximum atomic E-state index is 13.4. The number of anilines is 1. The number of amides is 1. The molecular formula is C18H12F5NO3. The number of rotatable bonds is 5. The van der Waals surface area contributed by atoms with Gasteiger partial charge in [-0.25, -0.2) is 26.7 Å². The molecule has 1 N–H and O–H groups in total. The molecule has 0 atom stereocenters. The van der Waals surface area contributed by atoms with E-state index >= 15 is 0 Å². The summed E-state index contributed by atoms with van der Waals surface area (Å²) in [7, 11) is 0. The first-order valence-corrected chi connectivity index (χ1v) is 7.43. The van der Waals surface area contributed by atoms with Crippen LogP contribution in [0, 0.1) is 36.0 Å². The fourth-order valence-electron chi connectivity index (χ4n) is 2.01. The highest BCUT2D eigenvalue weighted by Gasteiger charge is 2.26. The van der Waals surface area contributed by atoms with Crippen LogP contribution in [-0.2, 0) is 14.3 Å². The van der Waals surface area contributed by atoms with E-state index in [9.17, 15) is 31.5 Å². The van der Waals surface area contributed by atoms with Crippen molar-refractivity contribution in [1.82, 2.24) is 0 Å². The molecule has 0 aliphatic heterocycles. The molecule has 0 aromatic heterocycles. The molecule has 142 valence electrons. The highest BCUT2D eigenvalue weighted by atomic mass is 19.2. The van der Waals surface area contributed by atoms with Gasteiger partial charge in [0, 0.05) is 6.08 Å². The Morgan fingerprint density at radius 3 is 2.19 bits per heavy atom. The molecule has 0 unspecified atom stereocenters. The second-order valence-electron chi connectivity index (χ2n) is 5.35. The Balaban J connectivity index is 1.98. The van der Waals surface area contributed by atoms with Gasteiger partial charge in [0.1, 0.15) is 5.69 Å². The molecule has 2 aromatic carbocycles. The summed E-state index contributed by atoms with van der Waals surface area (Å²) in [5.74, 6) is -13.4. The zero-order valence-electron chi connectivity index (χ0n) is 13.8. The smallest absolute Gasteiger partial charge is 0.331 e. The van der Waals surface area contributed by atoms with Gasteiger partial charge in [-0.15, -0.1) is 0 Å². The molecule has 0 aliphatic carbocycles. The summed E-state index contributed by atoms with van der Waals surface area (Å²) in [5.41, 5.74) is 0.119. The number of hydrogen-bond donors (Lipinski definition) is 1. The van der Waals surface area contributed by atoms with Crippen LogP contribution >= 0.6 is 0 Å². The lowest BCUT2D eigenvalue weighted by molar-refractivity contribution is -0.142. The predicted molar refractivity (Wildman–Crippen MR) is 86.0 cm³/mol. The number of carbonyl (C=O) groups is 2. The minimum atomic E-state index is -2.35. The summed E-state index contributed by atoms with van der Waals surface area (Å²) in [4.78, 5) is 23.1. The Hall–Kier alpha value is -3.23. The van der Waals surface area contributed by atoms with Gasteiger partial charge in [-0.3, -0.25) is 4.79 Å². The van der Waals surface area contributed by atoms with Crippen molar-refractivity contribution in [1.29, 1.82) is 0 Å². The van der Waals surface area contributed by atoms with Crippen LogP contribution in [0.25, 0.3) is 6.08 Å². The molecule has 27 heavy (non-hydrogen) atoms. The highest BCUT2D eigenvalue weighted by molar-refractivity contribution is 5.94. The largest absolute Gasteiger partial charge is 0.452 e. The van der Waals surface area contributed by atoms with Crippen molar-refractivity contribution in [3.8, 4) is 0 Å². The van der Waals surface area contributed by atoms with Crippen LogP contribution in [0.2, 0.25) is 0 Å². The quantitative estimate of drug-likeness (QED) is 0.279. The predicted octanol–water partition coefficient (Wildman–Crippen LogP) is 3.89. The van der Waals surface area contributed by atoms with Crippen molar-refractivity contribution in [3.05, 3.63) is 70.6 Å². The number of ether oxygens (including phenoxy) is 1. The standard InChI is InChI=1S/C18H12F5NO3/c1-9-3-2-4-10(7-9)5-6-12(26)27-8-11(25)24-18-16(22)14(20)13(19)15(21)17(18)23/h2-7H,8H2,1H3,(H,24,25)/b6-5+. The summed E-state index contributed by atoms with van der Waals surface area (Å²) < 4.78 is 70.5. The van der Waals surface area contributed by atoms with E-state index in [1.54, 1.807) is 18.2 Å². The monoisotopic (exact) mass is 385 g/mol. The zero-order chi connectivity index (χ0) is 20.1. The number of carbonyl (C=O) groups excluding carboxylic acids is 2. The average Bonchev–Trinajstić information content (AvgIpc) is 2.65. The van der Waals surface area contributed by atoms with Gasteiger partial charge >= 0.3 is 5.97 Å². The molecule has 0 saturated heterocycles. The Morgan fingerprint density at radius 1 is 1.00 bits per heavy atom. The molecule has 1 amide bonds. The van der Waals surface area contributed by atoms with Gasteiger partial charge in [-0.1, -0.05) is 29.8 Å². The summed E-state index contributed by atoms with van der Waals surface area (Å²) in [5, 5.41) is 1.49. The zero-order valence-corrected chi connectivity index (χ0v) is 13.8. The van der Waals surface area contributed by atoms with Crippen molar-refractivity contribution < 1.29 is 36.3 Å². The number of halogens is 5. The van der Waals surface area contributed by atoms with Gasteiger partial charge in [0.25, 0.3) is 5.91 Å². The van der Waals surface area contributed by atoms with E-state index in [2.05, 4.69) is 4.74 Å². The van der Waals surface area contributed by atoms with E-state index in [1.165, 1.54) is 11.4 Å². The van der Waals surface area contributed by atoms with Gasteiger partial charge in [-0.05, 0) is 18.6 Å². The number of benzene rings is 2. The first-order valence-electron chi connectivity index (χ1n) is 7.43. The van der Waals surface area contributed by atoms with Gasteiger partial charge < -0.3 is 10.1 Å². The molecular weight excluding hydrogens is 373 g/mol. The first-order chi connectivity index (χ1) is 12.7. The van der Waals surface area contributed by atoms with Crippen molar-refractivity contribution in [3.63, 3.8) is 0 Å². The maximum Gasteiger partial charge on any atom is 0.331 e. The number of esters is 1. The molecule has 0 fully saturated rings. The van der Waals surface area contributed by atoms with Crippen LogP contribution in [0.1, 0.15) is 11.1 Å². The van der Waals surface area contributed by atoms with Gasteiger partial charge in [0.2, 0.25) is 5.82 Å². The molecule has 0 bridgehead atoms. The van der Waals surface area contributed by atoms with E-state index in [0.717, 1.165) is 11.6 Å². The van der Waals surface area contributed by atoms with E-state index in [0.29, 0.717) is 5.56 Å². The third kappa shape index (κ3) is 4.90. The summed E-state index contributed by atoms with van der Waals surface area (Å²) in [6.07, 6.45) is 2.43. The molecule has 0 radical (unpaired) electrons. The molecule has 0 saturated carbocycles. The fraction of sp³-hybridized carbons (Fsp3) is 0.111. The van der Waals surface area contributed by atoms with E-state index in [1.807, 2.05) is 13.0 Å². The third-order valence-corrected chi connectivity index (χ3v) is 3.27. The highest BCUT2D eigenvalue weighted by Crippen LogP contribution is 2.26. The summed E-state index contributed by atoms with van der Waals surface area (Å²) in [6.45, 7) is 0.857. The minimum Gasteiger partial charge on any atom is -0.452 e. The molecule has 0 heterocycles. The maximum absolute atomic E-state index is 13.4. The fourth-order valence-corrected chi connectivity index (χ4v) is 2.01. The molecule has 9 heteroatoms. The van der Waals surface area contributed by atoms with Crippen LogP contribution in [0.3, 0.4) is 0 Å². The van der Waals surface area contributed by atoms with Crippen molar-refractivity contribution in [2.24, 2.45) is 0 Å². The van der Waals surface area contributed by atoms with Gasteiger partial charge in [0.15, 0.2) is 29.9 Å². The number of hydrogen-bond acceptors (Lipinski definition) is 3. The Morgan fingerprint density at radius 2 is 1.59 bits per heavy atom. The van der Waals surface area contributed by atoms with Crippen LogP contribution in [0.4, 0.5) is 27.6 Å². The summed E-state index contributed by atoms with van der Waals surface area (Å²) >= 11 is 0. The first kappa shape index (κ1) is 20.1. The minimum absolute atomic E-state index is 0.692. The van der Waals surface area contributed by atoms with E-state index in [4.69, 9.17) is 0 Å². The van der Waals surface area contributed by atoms with Crippen molar-refractivity contribution >= 4 is 23.6 Å². The topological polar surface area (TPSA) is 55.4 Å². The number of nitrogens with one attached hydrogen (secondary N) is 1. The average molecular weight is 385 g/mol. The van der Waals surface area contributed by atoms with Crippen molar-refractivity contribution in [2.75, 3.05) is 11.9 Å². The molecule has 2 aromatic rings. The van der Waals surface area contributed by atoms with Crippen molar-refractivity contribution in [2.45, 2.75) is 6.92 Å². The third-order valence-electron chi connectivity index (χ3n) is 3.27. The molecule has 0 spiro atoms. The van der Waals surface area contributed by atoms with Crippen LogP contribution in [-0.4, -0.2) is 18.5 Å². The summed E-state index contributed by atoms with van der Waals surface area (Å²) in [6, 6.07) is 7.10. The Labute approximate surface area is 150 Å². The molecule has 2 rings (SSSR count). The second kappa shape index (κ2) is 8.43. The van der Waals surface area contributed by atoms with E-state index < -0.39 is 53.3 Å². The molecule has 0 aliphatic rings. The normalized spacial score (nSPS) is 10.9. The molecule has 4 nitrogen and oxygen atoms in total. The van der Waals surface area contributed by atoms with Gasteiger partial charge in [0.05, 0.1) is 0 Å². The Kier molecular flexibility index (Phi) is 6.27. The Bertz CT molecular complexity index is 898. The van der Waals surface area contributed by atoms with Crippen LogP contribution in [0.15, 0.2) is 30.3 Å². The SMILES string of the molecule is Cc1cccc(/C=C/C(=O)OCC(=O)Nc2c(F)c(F)c(F)c(F)c2F)c1. The van der Waals surface area contributed by atoms with E-state index in [-0.39, 0.29) is 0 Å². The van der Waals surface area contributed by atoms with Crippen LogP contribution < -0.4 is 5.32 Å². The number of aryl methyl sites for hydroxylation is 1. The lowest BCUT2D eigenvalue weighted by Crippen LogP contribution is -2.22. The lowest BCUT2D eigenvalue weighted by Gasteiger charge is -2.09.